The highest BCUT2D eigenvalue weighted by Crippen LogP contribution is 2.10. The third kappa shape index (κ3) is 4.13. The molecule has 0 radical (unpaired) electrons. The molecule has 0 saturated carbocycles. The van der Waals surface area contributed by atoms with E-state index in [9.17, 15) is 4.79 Å². The summed E-state index contributed by atoms with van der Waals surface area (Å²) in [4.78, 5) is 10.9. The minimum Gasteiger partial charge on any atom is -0.466 e. The fraction of sp³-hybridized carbons (Fsp3) is 0.214. The zero-order valence-corrected chi connectivity index (χ0v) is 9.86. The average Bonchev–Trinajstić information content (AvgIpc) is 2.25. The Morgan fingerprint density at radius 1 is 1.25 bits per heavy atom. The SMILES string of the molecule is COC(=O)C=Cc1cccc(C=C(C)C)c1. The Kier molecular flexibility index (Phi) is 4.52. The van der Waals surface area contributed by atoms with Gasteiger partial charge in [-0.3, -0.25) is 0 Å². The van der Waals surface area contributed by atoms with Crippen LogP contribution in [0.4, 0.5) is 0 Å². The van der Waals surface area contributed by atoms with Crippen LogP contribution in [0, 0.1) is 0 Å². The molecule has 0 N–H and O–H groups in total. The van der Waals surface area contributed by atoms with Crippen LogP contribution in [-0.2, 0) is 9.53 Å². The predicted molar refractivity (Wildman–Crippen MR) is 66.8 cm³/mol. The first kappa shape index (κ1) is 12.2. The van der Waals surface area contributed by atoms with E-state index in [0.29, 0.717) is 0 Å². The van der Waals surface area contributed by atoms with Crippen molar-refractivity contribution in [2.45, 2.75) is 13.8 Å². The van der Waals surface area contributed by atoms with Crippen LogP contribution < -0.4 is 0 Å². The summed E-state index contributed by atoms with van der Waals surface area (Å²) < 4.78 is 4.53. The third-order valence-corrected chi connectivity index (χ3v) is 1.98. The molecule has 0 saturated heterocycles. The Morgan fingerprint density at radius 3 is 2.56 bits per heavy atom. The first-order valence-electron chi connectivity index (χ1n) is 5.13. The van der Waals surface area contributed by atoms with Crippen LogP contribution in [0.5, 0.6) is 0 Å². The molecule has 2 heteroatoms. The second kappa shape index (κ2) is 5.91. The predicted octanol–water partition coefficient (Wildman–Crippen LogP) is 3.30. The van der Waals surface area contributed by atoms with Crippen LogP contribution in [-0.4, -0.2) is 13.1 Å². The maximum atomic E-state index is 10.9. The molecular weight excluding hydrogens is 200 g/mol. The van der Waals surface area contributed by atoms with E-state index in [1.807, 2.05) is 24.3 Å². The maximum Gasteiger partial charge on any atom is 0.330 e. The smallest absolute Gasteiger partial charge is 0.330 e. The van der Waals surface area contributed by atoms with Gasteiger partial charge in [-0.2, -0.15) is 0 Å². The molecule has 1 aromatic rings. The van der Waals surface area contributed by atoms with Crippen molar-refractivity contribution in [3.05, 3.63) is 47.0 Å². The molecule has 0 amide bonds. The molecule has 84 valence electrons. The van der Waals surface area contributed by atoms with Crippen LogP contribution in [0.25, 0.3) is 12.2 Å². The zero-order valence-electron chi connectivity index (χ0n) is 9.86. The Hall–Kier alpha value is -1.83. The monoisotopic (exact) mass is 216 g/mol. The van der Waals surface area contributed by atoms with Gasteiger partial charge in [-0.15, -0.1) is 0 Å². The number of ether oxygens (including phenoxy) is 1. The maximum absolute atomic E-state index is 10.9. The quantitative estimate of drug-likeness (QED) is 0.572. The lowest BCUT2D eigenvalue weighted by Gasteiger charge is -1.98. The van der Waals surface area contributed by atoms with Crippen LogP contribution >= 0.6 is 0 Å². The standard InChI is InChI=1S/C14H16O2/c1-11(2)9-13-6-4-5-12(10-13)7-8-14(15)16-3/h4-10H,1-3H3. The number of benzene rings is 1. The lowest BCUT2D eigenvalue weighted by Crippen LogP contribution is -1.93. The van der Waals surface area contributed by atoms with Gasteiger partial charge in [0, 0.05) is 6.08 Å². The molecule has 0 heterocycles. The van der Waals surface area contributed by atoms with E-state index in [2.05, 4.69) is 24.7 Å². The minimum atomic E-state index is -0.340. The molecule has 0 atom stereocenters. The Morgan fingerprint density at radius 2 is 1.94 bits per heavy atom. The van der Waals surface area contributed by atoms with Crippen LogP contribution in [0.15, 0.2) is 35.9 Å². The molecule has 1 rings (SSSR count). The van der Waals surface area contributed by atoms with Gasteiger partial charge in [0.1, 0.15) is 0 Å². The van der Waals surface area contributed by atoms with Gasteiger partial charge in [-0.1, -0.05) is 29.8 Å². The van der Waals surface area contributed by atoms with Crippen molar-refractivity contribution < 1.29 is 9.53 Å². The highest BCUT2D eigenvalue weighted by molar-refractivity contribution is 5.87. The molecule has 2 nitrogen and oxygen atoms in total. The largest absolute Gasteiger partial charge is 0.466 e. The number of hydrogen-bond acceptors (Lipinski definition) is 2. The lowest BCUT2D eigenvalue weighted by molar-refractivity contribution is -0.134. The number of carbonyl (C=O) groups excluding carboxylic acids is 1. The lowest BCUT2D eigenvalue weighted by atomic mass is 10.1. The van der Waals surface area contributed by atoms with E-state index in [0.717, 1.165) is 11.1 Å². The normalized spacial score (nSPS) is 10.2. The molecule has 0 aromatic heterocycles. The molecular formula is C14H16O2. The average molecular weight is 216 g/mol. The third-order valence-electron chi connectivity index (χ3n) is 1.98. The zero-order chi connectivity index (χ0) is 12.0. The van der Waals surface area contributed by atoms with E-state index in [1.54, 1.807) is 6.08 Å². The van der Waals surface area contributed by atoms with Crippen molar-refractivity contribution in [3.63, 3.8) is 0 Å². The number of esters is 1. The summed E-state index contributed by atoms with van der Waals surface area (Å²) in [5, 5.41) is 0. The summed E-state index contributed by atoms with van der Waals surface area (Å²) in [6.07, 6.45) is 5.26. The topological polar surface area (TPSA) is 26.3 Å². The number of methoxy groups -OCH3 is 1. The van der Waals surface area contributed by atoms with Crippen LogP contribution in [0.3, 0.4) is 0 Å². The first-order valence-corrected chi connectivity index (χ1v) is 5.13. The molecule has 0 bridgehead atoms. The number of carbonyl (C=O) groups is 1. The molecule has 0 aliphatic heterocycles. The van der Waals surface area contributed by atoms with E-state index in [4.69, 9.17) is 0 Å². The van der Waals surface area contributed by atoms with Gasteiger partial charge in [0.2, 0.25) is 0 Å². The van der Waals surface area contributed by atoms with Crippen LogP contribution in [0.1, 0.15) is 25.0 Å². The van der Waals surface area contributed by atoms with E-state index in [-0.39, 0.29) is 5.97 Å². The van der Waals surface area contributed by atoms with Gasteiger partial charge in [-0.05, 0) is 37.1 Å². The van der Waals surface area contributed by atoms with Gasteiger partial charge in [0.25, 0.3) is 0 Å². The summed E-state index contributed by atoms with van der Waals surface area (Å²) >= 11 is 0. The number of allylic oxidation sites excluding steroid dienone is 1. The van der Waals surface area contributed by atoms with Crippen molar-refractivity contribution in [2.24, 2.45) is 0 Å². The molecule has 0 aliphatic carbocycles. The highest BCUT2D eigenvalue weighted by Gasteiger charge is 1.93. The highest BCUT2D eigenvalue weighted by atomic mass is 16.5. The molecule has 16 heavy (non-hydrogen) atoms. The van der Waals surface area contributed by atoms with E-state index in [1.165, 1.54) is 18.8 Å². The molecule has 0 fully saturated rings. The van der Waals surface area contributed by atoms with Crippen molar-refractivity contribution in [3.8, 4) is 0 Å². The molecule has 0 spiro atoms. The van der Waals surface area contributed by atoms with Gasteiger partial charge in [0.15, 0.2) is 0 Å². The van der Waals surface area contributed by atoms with Gasteiger partial charge in [0.05, 0.1) is 7.11 Å². The van der Waals surface area contributed by atoms with Crippen molar-refractivity contribution in [1.29, 1.82) is 0 Å². The first-order chi connectivity index (χ1) is 7.61. The summed E-state index contributed by atoms with van der Waals surface area (Å²) in [5.74, 6) is -0.340. The van der Waals surface area contributed by atoms with E-state index < -0.39 is 0 Å². The fourth-order valence-corrected chi connectivity index (χ4v) is 1.32. The summed E-state index contributed by atoms with van der Waals surface area (Å²) in [5.41, 5.74) is 3.36. The Balaban J connectivity index is 2.87. The second-order valence-corrected chi connectivity index (χ2v) is 3.75. The van der Waals surface area contributed by atoms with Gasteiger partial charge in [-0.25, -0.2) is 4.79 Å². The summed E-state index contributed by atoms with van der Waals surface area (Å²) in [6, 6.07) is 7.96. The Labute approximate surface area is 96.2 Å². The molecule has 1 aromatic carbocycles. The van der Waals surface area contributed by atoms with Crippen molar-refractivity contribution in [2.75, 3.05) is 7.11 Å². The van der Waals surface area contributed by atoms with Crippen molar-refractivity contribution in [1.82, 2.24) is 0 Å². The minimum absolute atomic E-state index is 0.340. The van der Waals surface area contributed by atoms with Crippen LogP contribution in [0.2, 0.25) is 0 Å². The van der Waals surface area contributed by atoms with Gasteiger partial charge < -0.3 is 4.74 Å². The fourth-order valence-electron chi connectivity index (χ4n) is 1.32. The second-order valence-electron chi connectivity index (χ2n) is 3.75. The van der Waals surface area contributed by atoms with Crippen molar-refractivity contribution >= 4 is 18.1 Å². The molecule has 0 unspecified atom stereocenters. The summed E-state index contributed by atoms with van der Waals surface area (Å²) in [6.45, 7) is 4.11. The number of hydrogen-bond donors (Lipinski definition) is 0. The molecule has 0 aliphatic rings. The number of rotatable bonds is 3. The Bertz CT molecular complexity index is 424. The van der Waals surface area contributed by atoms with E-state index >= 15 is 0 Å². The summed E-state index contributed by atoms with van der Waals surface area (Å²) in [7, 11) is 1.37. The van der Waals surface area contributed by atoms with Gasteiger partial charge >= 0.3 is 5.97 Å².